The summed E-state index contributed by atoms with van der Waals surface area (Å²) in [5.74, 6) is 0.000388. The molecule has 1 aromatic rings. The fourth-order valence-electron chi connectivity index (χ4n) is 1.26. The molecule has 1 N–H and O–H groups in total. The number of carbonyl (C=O) groups excluding carboxylic acids is 1. The molecular weight excluding hydrogens is 256 g/mol. The highest BCUT2D eigenvalue weighted by atomic mass is 79.9. The van der Waals surface area contributed by atoms with Gasteiger partial charge in [-0.3, -0.25) is 4.79 Å². The van der Waals surface area contributed by atoms with Crippen LogP contribution in [0.1, 0.15) is 24.5 Å². The fourth-order valence-corrected chi connectivity index (χ4v) is 1.53. The highest BCUT2D eigenvalue weighted by Gasteiger charge is 2.11. The Bertz CT molecular complexity index is 343. The molecule has 3 heteroatoms. The van der Waals surface area contributed by atoms with Crippen LogP contribution in [0.5, 0.6) is 0 Å². The Labute approximate surface area is 97.8 Å². The number of Topliss-reactive ketones (excluding diaryl/α,β-unsaturated/α-hetero) is 1. The van der Waals surface area contributed by atoms with Gasteiger partial charge in [0.2, 0.25) is 0 Å². The van der Waals surface area contributed by atoms with Gasteiger partial charge in [-0.15, -0.1) is 6.58 Å². The van der Waals surface area contributed by atoms with E-state index in [0.29, 0.717) is 6.42 Å². The zero-order valence-corrected chi connectivity index (χ0v) is 9.90. The third kappa shape index (κ3) is 3.98. The van der Waals surface area contributed by atoms with Crippen molar-refractivity contribution >= 4 is 21.7 Å². The molecule has 0 fully saturated rings. The molecule has 2 nitrogen and oxygen atoms in total. The summed E-state index contributed by atoms with van der Waals surface area (Å²) in [6.07, 6.45) is 1.29. The van der Waals surface area contributed by atoms with E-state index in [-0.39, 0.29) is 12.2 Å². The Morgan fingerprint density at radius 2 is 2.07 bits per heavy atom. The van der Waals surface area contributed by atoms with Crippen molar-refractivity contribution in [3.63, 3.8) is 0 Å². The van der Waals surface area contributed by atoms with Gasteiger partial charge >= 0.3 is 0 Å². The van der Waals surface area contributed by atoms with E-state index in [4.69, 9.17) is 0 Å². The van der Waals surface area contributed by atoms with Crippen molar-refractivity contribution in [2.75, 3.05) is 0 Å². The van der Waals surface area contributed by atoms with Gasteiger partial charge in [0.25, 0.3) is 0 Å². The molecule has 0 aliphatic heterocycles. The minimum atomic E-state index is -0.717. The minimum Gasteiger partial charge on any atom is -0.388 e. The van der Waals surface area contributed by atoms with Gasteiger partial charge < -0.3 is 5.11 Å². The molecule has 15 heavy (non-hydrogen) atoms. The number of hydrogen-bond donors (Lipinski definition) is 1. The summed E-state index contributed by atoms with van der Waals surface area (Å²) in [7, 11) is 0. The fraction of sp³-hybridized carbons (Fsp3) is 0.250. The number of rotatable bonds is 5. The normalized spacial score (nSPS) is 12.1. The van der Waals surface area contributed by atoms with E-state index >= 15 is 0 Å². The largest absolute Gasteiger partial charge is 0.388 e. The number of allylic oxidation sites excluding steroid dienone is 1. The number of benzene rings is 1. The van der Waals surface area contributed by atoms with Crippen LogP contribution >= 0.6 is 15.9 Å². The summed E-state index contributed by atoms with van der Waals surface area (Å²) in [5.41, 5.74) is 0.760. The lowest BCUT2D eigenvalue weighted by Gasteiger charge is -2.09. The average Bonchev–Trinajstić information content (AvgIpc) is 2.18. The lowest BCUT2D eigenvalue weighted by Crippen LogP contribution is -2.05. The Hall–Kier alpha value is -0.930. The lowest BCUT2D eigenvalue weighted by atomic mass is 10.0. The molecular formula is C12H13BrO2. The van der Waals surface area contributed by atoms with Crippen LogP contribution in [-0.4, -0.2) is 10.9 Å². The zero-order valence-electron chi connectivity index (χ0n) is 8.32. The molecule has 80 valence electrons. The third-order valence-electron chi connectivity index (χ3n) is 2.05. The second kappa shape index (κ2) is 5.83. The number of carbonyl (C=O) groups is 1. The van der Waals surface area contributed by atoms with Gasteiger partial charge in [-0.1, -0.05) is 34.1 Å². The molecule has 0 amide bonds. The van der Waals surface area contributed by atoms with Gasteiger partial charge in [0.05, 0.1) is 6.10 Å². The monoisotopic (exact) mass is 268 g/mol. The third-order valence-corrected chi connectivity index (χ3v) is 2.58. The topological polar surface area (TPSA) is 37.3 Å². The van der Waals surface area contributed by atoms with Crippen LogP contribution in [0.3, 0.4) is 0 Å². The van der Waals surface area contributed by atoms with Gasteiger partial charge in [0.15, 0.2) is 0 Å². The molecule has 0 heterocycles. The maximum absolute atomic E-state index is 11.3. The summed E-state index contributed by atoms with van der Waals surface area (Å²) in [4.78, 5) is 11.3. The van der Waals surface area contributed by atoms with Crippen LogP contribution in [-0.2, 0) is 4.79 Å². The van der Waals surface area contributed by atoms with Crippen LogP contribution in [0.25, 0.3) is 0 Å². The van der Waals surface area contributed by atoms with Crippen LogP contribution in [0, 0.1) is 0 Å². The van der Waals surface area contributed by atoms with Crippen molar-refractivity contribution in [1.82, 2.24) is 0 Å². The van der Waals surface area contributed by atoms with E-state index in [0.717, 1.165) is 10.0 Å². The highest BCUT2D eigenvalue weighted by Crippen LogP contribution is 2.20. The van der Waals surface area contributed by atoms with Crippen molar-refractivity contribution in [1.29, 1.82) is 0 Å². The molecule has 1 rings (SSSR count). The SMILES string of the molecule is C=CCC(=O)CC(O)c1ccc(Br)cc1. The van der Waals surface area contributed by atoms with Gasteiger partial charge in [-0.2, -0.15) is 0 Å². The number of ketones is 1. The summed E-state index contributed by atoms with van der Waals surface area (Å²) in [6, 6.07) is 7.29. The van der Waals surface area contributed by atoms with E-state index in [2.05, 4.69) is 22.5 Å². The maximum atomic E-state index is 11.3. The van der Waals surface area contributed by atoms with Crippen LogP contribution < -0.4 is 0 Å². The minimum absolute atomic E-state index is 0.000388. The quantitative estimate of drug-likeness (QED) is 0.834. The molecule has 0 bridgehead atoms. The average molecular weight is 269 g/mol. The molecule has 0 saturated heterocycles. The highest BCUT2D eigenvalue weighted by molar-refractivity contribution is 9.10. The van der Waals surface area contributed by atoms with Crippen molar-refractivity contribution in [3.8, 4) is 0 Å². The first-order valence-corrected chi connectivity index (χ1v) is 5.49. The van der Waals surface area contributed by atoms with Crippen molar-refractivity contribution in [2.45, 2.75) is 18.9 Å². The van der Waals surface area contributed by atoms with Crippen LogP contribution in [0.15, 0.2) is 41.4 Å². The summed E-state index contributed by atoms with van der Waals surface area (Å²) in [5, 5.41) is 9.74. The summed E-state index contributed by atoms with van der Waals surface area (Å²) in [6.45, 7) is 3.48. The molecule has 0 spiro atoms. The Balaban J connectivity index is 2.60. The first kappa shape index (κ1) is 12.1. The lowest BCUT2D eigenvalue weighted by molar-refractivity contribution is -0.120. The van der Waals surface area contributed by atoms with Crippen molar-refractivity contribution < 1.29 is 9.90 Å². The van der Waals surface area contributed by atoms with E-state index in [1.165, 1.54) is 0 Å². The number of aliphatic hydroxyl groups is 1. The summed E-state index contributed by atoms with van der Waals surface area (Å²) >= 11 is 3.31. The van der Waals surface area contributed by atoms with E-state index in [1.54, 1.807) is 18.2 Å². The molecule has 0 saturated carbocycles. The maximum Gasteiger partial charge on any atom is 0.139 e. The second-order valence-corrected chi connectivity index (χ2v) is 4.22. The predicted molar refractivity (Wildman–Crippen MR) is 63.5 cm³/mol. The molecule has 0 aromatic heterocycles. The van der Waals surface area contributed by atoms with Crippen LogP contribution in [0.2, 0.25) is 0 Å². The molecule has 0 radical (unpaired) electrons. The number of aliphatic hydroxyl groups excluding tert-OH is 1. The predicted octanol–water partition coefficient (Wildman–Crippen LogP) is 3.02. The Morgan fingerprint density at radius 1 is 1.47 bits per heavy atom. The van der Waals surface area contributed by atoms with E-state index in [1.807, 2.05) is 12.1 Å². The standard InChI is InChI=1S/C12H13BrO2/c1-2-3-11(14)8-12(15)9-4-6-10(13)7-5-9/h2,4-7,12,15H,1,3,8H2. The van der Waals surface area contributed by atoms with Crippen molar-refractivity contribution in [3.05, 3.63) is 47.0 Å². The van der Waals surface area contributed by atoms with E-state index < -0.39 is 6.10 Å². The van der Waals surface area contributed by atoms with Gasteiger partial charge in [-0.25, -0.2) is 0 Å². The van der Waals surface area contributed by atoms with Gasteiger partial charge in [-0.05, 0) is 17.7 Å². The smallest absolute Gasteiger partial charge is 0.139 e. The molecule has 1 atom stereocenters. The first-order valence-electron chi connectivity index (χ1n) is 4.69. The second-order valence-electron chi connectivity index (χ2n) is 3.30. The Kier molecular flexibility index (Phi) is 4.72. The molecule has 0 aliphatic rings. The molecule has 1 aromatic carbocycles. The van der Waals surface area contributed by atoms with Gasteiger partial charge in [0.1, 0.15) is 5.78 Å². The van der Waals surface area contributed by atoms with E-state index in [9.17, 15) is 9.90 Å². The van der Waals surface area contributed by atoms with Gasteiger partial charge in [0, 0.05) is 17.3 Å². The Morgan fingerprint density at radius 3 is 2.60 bits per heavy atom. The first-order chi connectivity index (χ1) is 7.13. The molecule has 1 unspecified atom stereocenters. The van der Waals surface area contributed by atoms with Crippen molar-refractivity contribution in [2.24, 2.45) is 0 Å². The zero-order chi connectivity index (χ0) is 11.3. The van der Waals surface area contributed by atoms with Crippen LogP contribution in [0.4, 0.5) is 0 Å². The number of hydrogen-bond acceptors (Lipinski definition) is 2. The summed E-state index contributed by atoms with van der Waals surface area (Å²) < 4.78 is 0.955. The molecule has 0 aliphatic carbocycles. The number of halogens is 1.